The van der Waals surface area contributed by atoms with Gasteiger partial charge in [-0.25, -0.2) is 9.97 Å². The van der Waals surface area contributed by atoms with Gasteiger partial charge in [0.15, 0.2) is 5.76 Å². The monoisotopic (exact) mass is 404 g/mol. The molecule has 3 heterocycles. The van der Waals surface area contributed by atoms with Gasteiger partial charge in [-0.2, -0.15) is 0 Å². The van der Waals surface area contributed by atoms with Gasteiger partial charge in [0.1, 0.15) is 11.5 Å². The molecule has 0 aliphatic rings. The molecular formula is C22H17ClN4O2. The standard InChI is InChI=1S/C22H17ClN4O2/c1-13-12-25-19(26-14(2)28)11-16(13)22-27-20(18-9-5-6-10-24-18)21(29-22)15-7-3-4-8-17(15)23/h3-12H,1-2H3,(H,25,26,28). The number of amides is 1. The highest BCUT2D eigenvalue weighted by atomic mass is 35.5. The number of carbonyl (C=O) groups is 1. The van der Waals surface area contributed by atoms with Crippen molar-refractivity contribution in [2.24, 2.45) is 0 Å². The first-order valence-electron chi connectivity index (χ1n) is 8.94. The van der Waals surface area contributed by atoms with Crippen molar-refractivity contribution in [3.05, 3.63) is 71.5 Å². The van der Waals surface area contributed by atoms with Gasteiger partial charge in [-0.15, -0.1) is 0 Å². The zero-order valence-corrected chi connectivity index (χ0v) is 16.6. The Bertz CT molecular complexity index is 1190. The van der Waals surface area contributed by atoms with Crippen molar-refractivity contribution in [3.8, 4) is 34.2 Å². The van der Waals surface area contributed by atoms with E-state index in [0.717, 1.165) is 16.7 Å². The van der Waals surface area contributed by atoms with Crippen LogP contribution in [0.2, 0.25) is 5.02 Å². The zero-order chi connectivity index (χ0) is 20.4. The van der Waals surface area contributed by atoms with E-state index in [0.29, 0.717) is 33.9 Å². The molecule has 29 heavy (non-hydrogen) atoms. The summed E-state index contributed by atoms with van der Waals surface area (Å²) in [5.74, 6) is 1.15. The first kappa shape index (κ1) is 18.8. The second-order valence-electron chi connectivity index (χ2n) is 6.46. The number of oxazole rings is 1. The molecule has 0 saturated heterocycles. The Balaban J connectivity index is 1.91. The SMILES string of the molecule is CC(=O)Nc1cc(-c2nc(-c3ccccn3)c(-c3ccccc3Cl)o2)c(C)cn1. The molecule has 1 N–H and O–H groups in total. The molecule has 4 rings (SSSR count). The summed E-state index contributed by atoms with van der Waals surface area (Å²) in [4.78, 5) is 24.8. The lowest BCUT2D eigenvalue weighted by molar-refractivity contribution is -0.114. The molecule has 0 fully saturated rings. The van der Waals surface area contributed by atoms with E-state index in [9.17, 15) is 4.79 Å². The molecule has 0 aliphatic heterocycles. The number of rotatable bonds is 4. The number of pyridine rings is 2. The predicted molar refractivity (Wildman–Crippen MR) is 112 cm³/mol. The summed E-state index contributed by atoms with van der Waals surface area (Å²) in [6, 6.07) is 14.8. The van der Waals surface area contributed by atoms with E-state index in [1.807, 2.05) is 43.3 Å². The molecule has 144 valence electrons. The Hall–Kier alpha value is -3.51. The molecule has 0 radical (unpaired) electrons. The minimum Gasteiger partial charge on any atom is -0.435 e. The van der Waals surface area contributed by atoms with E-state index < -0.39 is 0 Å². The van der Waals surface area contributed by atoms with Gasteiger partial charge in [0.05, 0.1) is 10.7 Å². The Labute approximate surface area is 172 Å². The lowest BCUT2D eigenvalue weighted by Crippen LogP contribution is -2.07. The zero-order valence-electron chi connectivity index (χ0n) is 15.8. The van der Waals surface area contributed by atoms with Crippen molar-refractivity contribution in [2.75, 3.05) is 5.32 Å². The van der Waals surface area contributed by atoms with E-state index in [1.54, 1.807) is 24.5 Å². The van der Waals surface area contributed by atoms with Gasteiger partial charge in [0.25, 0.3) is 0 Å². The van der Waals surface area contributed by atoms with Crippen molar-refractivity contribution >= 4 is 23.3 Å². The molecule has 0 atom stereocenters. The Morgan fingerprint density at radius 2 is 1.86 bits per heavy atom. The van der Waals surface area contributed by atoms with Gasteiger partial charge in [0.2, 0.25) is 11.8 Å². The number of aryl methyl sites for hydroxylation is 1. The first-order valence-corrected chi connectivity index (χ1v) is 9.32. The number of aromatic nitrogens is 3. The Morgan fingerprint density at radius 1 is 1.07 bits per heavy atom. The maximum atomic E-state index is 11.4. The Morgan fingerprint density at radius 3 is 2.59 bits per heavy atom. The average Bonchev–Trinajstić information content (AvgIpc) is 3.15. The second-order valence-corrected chi connectivity index (χ2v) is 6.86. The van der Waals surface area contributed by atoms with Crippen LogP contribution < -0.4 is 5.32 Å². The second kappa shape index (κ2) is 7.85. The van der Waals surface area contributed by atoms with Crippen molar-refractivity contribution in [1.29, 1.82) is 0 Å². The van der Waals surface area contributed by atoms with Crippen LogP contribution in [0.15, 0.2) is 65.3 Å². The molecule has 0 saturated carbocycles. The van der Waals surface area contributed by atoms with E-state index in [-0.39, 0.29) is 5.91 Å². The lowest BCUT2D eigenvalue weighted by atomic mass is 10.1. The normalized spacial score (nSPS) is 10.7. The fourth-order valence-electron chi connectivity index (χ4n) is 2.94. The van der Waals surface area contributed by atoms with Crippen LogP contribution in [0.5, 0.6) is 0 Å². The number of anilines is 1. The third kappa shape index (κ3) is 3.88. The summed E-state index contributed by atoms with van der Waals surface area (Å²) < 4.78 is 6.19. The summed E-state index contributed by atoms with van der Waals surface area (Å²) in [6.07, 6.45) is 3.37. The molecule has 6 nitrogen and oxygen atoms in total. The van der Waals surface area contributed by atoms with Crippen molar-refractivity contribution < 1.29 is 9.21 Å². The fraction of sp³-hybridized carbons (Fsp3) is 0.0909. The molecule has 1 aromatic carbocycles. The molecule has 3 aromatic heterocycles. The van der Waals surface area contributed by atoms with Gasteiger partial charge in [0, 0.05) is 30.4 Å². The van der Waals surface area contributed by atoms with Crippen molar-refractivity contribution in [1.82, 2.24) is 15.0 Å². The van der Waals surface area contributed by atoms with Crippen LogP contribution in [0.25, 0.3) is 34.2 Å². The fourth-order valence-corrected chi connectivity index (χ4v) is 3.16. The lowest BCUT2D eigenvalue weighted by Gasteiger charge is -2.05. The number of benzene rings is 1. The summed E-state index contributed by atoms with van der Waals surface area (Å²) in [6.45, 7) is 3.33. The first-order chi connectivity index (χ1) is 14.0. The van der Waals surface area contributed by atoms with E-state index in [1.165, 1.54) is 6.92 Å². The van der Waals surface area contributed by atoms with E-state index >= 15 is 0 Å². The van der Waals surface area contributed by atoms with Gasteiger partial charge >= 0.3 is 0 Å². The number of nitrogens with one attached hydrogen (secondary N) is 1. The van der Waals surface area contributed by atoms with E-state index in [2.05, 4.69) is 15.3 Å². The summed E-state index contributed by atoms with van der Waals surface area (Å²) in [5.41, 5.74) is 3.57. The van der Waals surface area contributed by atoms with Crippen LogP contribution in [-0.2, 0) is 4.79 Å². The molecular weight excluding hydrogens is 388 g/mol. The average molecular weight is 405 g/mol. The van der Waals surface area contributed by atoms with Crippen LogP contribution in [0.1, 0.15) is 12.5 Å². The van der Waals surface area contributed by atoms with Crippen LogP contribution in [0, 0.1) is 6.92 Å². The largest absolute Gasteiger partial charge is 0.435 e. The summed E-state index contributed by atoms with van der Waals surface area (Å²) in [5, 5.41) is 3.24. The van der Waals surface area contributed by atoms with Crippen LogP contribution in [0.3, 0.4) is 0 Å². The third-order valence-electron chi connectivity index (χ3n) is 4.29. The highest BCUT2D eigenvalue weighted by molar-refractivity contribution is 6.33. The quantitative estimate of drug-likeness (QED) is 0.493. The highest BCUT2D eigenvalue weighted by Crippen LogP contribution is 2.39. The minimum absolute atomic E-state index is 0.203. The molecule has 0 unspecified atom stereocenters. The molecule has 0 bridgehead atoms. The maximum absolute atomic E-state index is 11.4. The molecule has 4 aromatic rings. The van der Waals surface area contributed by atoms with E-state index in [4.69, 9.17) is 21.0 Å². The maximum Gasteiger partial charge on any atom is 0.227 e. The molecule has 7 heteroatoms. The number of halogens is 1. The number of hydrogen-bond donors (Lipinski definition) is 1. The third-order valence-corrected chi connectivity index (χ3v) is 4.62. The molecule has 1 amide bonds. The summed E-state index contributed by atoms with van der Waals surface area (Å²) in [7, 11) is 0. The van der Waals surface area contributed by atoms with Gasteiger partial charge < -0.3 is 9.73 Å². The minimum atomic E-state index is -0.203. The van der Waals surface area contributed by atoms with Gasteiger partial charge in [-0.1, -0.05) is 29.8 Å². The van der Waals surface area contributed by atoms with Crippen LogP contribution in [-0.4, -0.2) is 20.9 Å². The van der Waals surface area contributed by atoms with Crippen LogP contribution >= 0.6 is 11.6 Å². The van der Waals surface area contributed by atoms with Crippen molar-refractivity contribution in [3.63, 3.8) is 0 Å². The van der Waals surface area contributed by atoms with Crippen LogP contribution in [0.4, 0.5) is 5.82 Å². The smallest absolute Gasteiger partial charge is 0.227 e. The number of carbonyl (C=O) groups excluding carboxylic acids is 1. The Kier molecular flexibility index (Phi) is 5.10. The molecule has 0 aliphatic carbocycles. The van der Waals surface area contributed by atoms with Gasteiger partial charge in [-0.3, -0.25) is 9.78 Å². The predicted octanol–water partition coefficient (Wildman–Crippen LogP) is 5.39. The topological polar surface area (TPSA) is 80.9 Å². The van der Waals surface area contributed by atoms with Gasteiger partial charge in [-0.05, 0) is 42.8 Å². The number of nitrogens with zero attached hydrogens (tertiary/aromatic N) is 3. The van der Waals surface area contributed by atoms with Crippen molar-refractivity contribution in [2.45, 2.75) is 13.8 Å². The summed E-state index contributed by atoms with van der Waals surface area (Å²) >= 11 is 6.42. The number of hydrogen-bond acceptors (Lipinski definition) is 5. The molecule has 0 spiro atoms. The highest BCUT2D eigenvalue weighted by Gasteiger charge is 2.21.